The van der Waals surface area contributed by atoms with Crippen LogP contribution < -0.4 is 5.73 Å². The zero-order valence-corrected chi connectivity index (χ0v) is 14.6. The van der Waals surface area contributed by atoms with Crippen molar-refractivity contribution >= 4 is 11.8 Å². The van der Waals surface area contributed by atoms with Gasteiger partial charge < -0.3 is 5.73 Å². The quantitative estimate of drug-likeness (QED) is 0.621. The molecule has 1 rings (SSSR count). The molecule has 1 aromatic carbocycles. The van der Waals surface area contributed by atoms with Crippen molar-refractivity contribution in [2.24, 2.45) is 11.1 Å². The number of thioether (sulfide) groups is 1. The average molecular weight is 294 g/mol. The Hall–Kier alpha value is -0.470. The topological polar surface area (TPSA) is 26.0 Å². The van der Waals surface area contributed by atoms with Crippen LogP contribution in [0.2, 0.25) is 0 Å². The molecule has 0 aromatic heterocycles. The molecule has 0 saturated heterocycles. The fourth-order valence-corrected chi connectivity index (χ4v) is 3.75. The van der Waals surface area contributed by atoms with Gasteiger partial charge in [-0.15, -0.1) is 11.8 Å². The zero-order valence-electron chi connectivity index (χ0n) is 13.8. The van der Waals surface area contributed by atoms with E-state index < -0.39 is 0 Å². The maximum Gasteiger partial charge on any atom is 0.0268 e. The van der Waals surface area contributed by atoms with Crippen molar-refractivity contribution in [3.05, 3.63) is 29.3 Å². The Bertz CT molecular complexity index is 414. The van der Waals surface area contributed by atoms with Gasteiger partial charge in [0, 0.05) is 16.7 Å². The average Bonchev–Trinajstić information content (AvgIpc) is 2.42. The van der Waals surface area contributed by atoms with Gasteiger partial charge in [-0.2, -0.15) is 0 Å². The molecule has 1 nitrogen and oxygen atoms in total. The predicted octanol–water partition coefficient (Wildman–Crippen LogP) is 5.71. The van der Waals surface area contributed by atoms with Crippen LogP contribution in [0.4, 0.5) is 0 Å². The van der Waals surface area contributed by atoms with Crippen LogP contribution in [0.15, 0.2) is 23.1 Å². The van der Waals surface area contributed by atoms with Gasteiger partial charge in [0.15, 0.2) is 0 Å². The lowest BCUT2D eigenvalue weighted by atomic mass is 9.84. The van der Waals surface area contributed by atoms with Crippen LogP contribution in [0.5, 0.6) is 0 Å². The van der Waals surface area contributed by atoms with Gasteiger partial charge in [0.2, 0.25) is 0 Å². The molecule has 0 saturated carbocycles. The van der Waals surface area contributed by atoms with Crippen LogP contribution in [0, 0.1) is 12.3 Å². The highest BCUT2D eigenvalue weighted by atomic mass is 32.2. The summed E-state index contributed by atoms with van der Waals surface area (Å²) >= 11 is 2.00. The molecule has 0 aliphatic rings. The molecule has 2 N–H and O–H groups in total. The van der Waals surface area contributed by atoms with Crippen molar-refractivity contribution in [1.82, 2.24) is 0 Å². The second-order valence-electron chi connectivity index (χ2n) is 6.36. The minimum absolute atomic E-state index is 0.125. The Balaban J connectivity index is 2.67. The van der Waals surface area contributed by atoms with Gasteiger partial charge in [0.25, 0.3) is 0 Å². The summed E-state index contributed by atoms with van der Waals surface area (Å²) in [5.41, 5.74) is 9.02. The molecule has 0 aliphatic carbocycles. The number of hydrogen-bond acceptors (Lipinski definition) is 2. The first-order chi connectivity index (χ1) is 9.41. The molecular formula is C18H31NS. The predicted molar refractivity (Wildman–Crippen MR) is 92.4 cm³/mol. The van der Waals surface area contributed by atoms with Crippen LogP contribution in [-0.4, -0.2) is 5.75 Å². The monoisotopic (exact) mass is 293 g/mol. The van der Waals surface area contributed by atoms with Gasteiger partial charge in [0.05, 0.1) is 0 Å². The van der Waals surface area contributed by atoms with Crippen LogP contribution in [0.1, 0.15) is 70.5 Å². The summed E-state index contributed by atoms with van der Waals surface area (Å²) in [6.07, 6.45) is 5.23. The van der Waals surface area contributed by atoms with Crippen molar-refractivity contribution in [3.63, 3.8) is 0 Å². The Morgan fingerprint density at radius 1 is 1.30 bits per heavy atom. The van der Waals surface area contributed by atoms with Gasteiger partial charge in [-0.3, -0.25) is 0 Å². The molecule has 114 valence electrons. The molecular weight excluding hydrogens is 262 g/mol. The minimum Gasteiger partial charge on any atom is -0.324 e. The molecule has 0 bridgehead atoms. The van der Waals surface area contributed by atoms with E-state index in [1.54, 1.807) is 0 Å². The second kappa shape index (κ2) is 8.09. The number of rotatable bonds is 8. The third-order valence-electron chi connectivity index (χ3n) is 4.31. The molecule has 2 heteroatoms. The molecule has 20 heavy (non-hydrogen) atoms. The van der Waals surface area contributed by atoms with Crippen molar-refractivity contribution in [2.45, 2.75) is 71.2 Å². The first-order valence-electron chi connectivity index (χ1n) is 7.91. The number of hydrogen-bond donors (Lipinski definition) is 1. The molecule has 0 amide bonds. The number of aryl methyl sites for hydroxylation is 1. The van der Waals surface area contributed by atoms with Crippen LogP contribution in [-0.2, 0) is 0 Å². The van der Waals surface area contributed by atoms with Crippen molar-refractivity contribution in [1.29, 1.82) is 0 Å². The van der Waals surface area contributed by atoms with Gasteiger partial charge in [0.1, 0.15) is 0 Å². The summed E-state index contributed by atoms with van der Waals surface area (Å²) in [5, 5.41) is 0. The van der Waals surface area contributed by atoms with Gasteiger partial charge in [-0.05, 0) is 55.4 Å². The third-order valence-corrected chi connectivity index (χ3v) is 5.74. The molecule has 0 aliphatic heterocycles. The van der Waals surface area contributed by atoms with E-state index in [1.165, 1.54) is 47.5 Å². The van der Waals surface area contributed by atoms with Crippen LogP contribution in [0.25, 0.3) is 0 Å². The van der Waals surface area contributed by atoms with Gasteiger partial charge in [-0.1, -0.05) is 39.7 Å². The van der Waals surface area contributed by atoms with E-state index in [1.807, 2.05) is 18.7 Å². The fraction of sp³-hybridized carbons (Fsp3) is 0.667. The first-order valence-corrected chi connectivity index (χ1v) is 8.89. The molecule has 0 spiro atoms. The van der Waals surface area contributed by atoms with Crippen molar-refractivity contribution < 1.29 is 0 Å². The van der Waals surface area contributed by atoms with E-state index in [0.29, 0.717) is 5.41 Å². The summed E-state index contributed by atoms with van der Waals surface area (Å²) < 4.78 is 0. The van der Waals surface area contributed by atoms with E-state index in [-0.39, 0.29) is 6.04 Å². The SMILES string of the molecule is CCCC[C@](C)(CC)CSc1ccc(C(C)N)c(C)c1. The fourth-order valence-electron chi connectivity index (χ4n) is 2.46. The molecule has 0 radical (unpaired) electrons. The largest absolute Gasteiger partial charge is 0.324 e. The van der Waals surface area contributed by atoms with Gasteiger partial charge >= 0.3 is 0 Å². The number of nitrogens with two attached hydrogens (primary N) is 1. The minimum atomic E-state index is 0.125. The molecule has 2 atom stereocenters. The van der Waals surface area contributed by atoms with E-state index in [0.717, 1.165) is 0 Å². The zero-order chi connectivity index (χ0) is 15.2. The Morgan fingerprint density at radius 3 is 2.50 bits per heavy atom. The maximum atomic E-state index is 5.98. The standard InChI is InChI=1S/C18H31NS/c1-6-8-11-18(5,7-2)13-20-16-9-10-17(15(4)19)14(3)12-16/h9-10,12,15H,6-8,11,13,19H2,1-5H3/t15?,18-/m0/s1. The van der Waals surface area contributed by atoms with Crippen molar-refractivity contribution in [2.75, 3.05) is 5.75 Å². The Morgan fingerprint density at radius 2 is 2.00 bits per heavy atom. The van der Waals surface area contributed by atoms with Crippen LogP contribution in [0.3, 0.4) is 0 Å². The maximum absolute atomic E-state index is 5.98. The van der Waals surface area contributed by atoms with Crippen LogP contribution >= 0.6 is 11.8 Å². The summed E-state index contributed by atoms with van der Waals surface area (Å²) in [7, 11) is 0. The lowest BCUT2D eigenvalue weighted by Gasteiger charge is -2.28. The molecule has 0 fully saturated rings. The summed E-state index contributed by atoms with van der Waals surface area (Å²) in [5.74, 6) is 1.21. The number of benzene rings is 1. The lowest BCUT2D eigenvalue weighted by Crippen LogP contribution is -2.18. The van der Waals surface area contributed by atoms with Crippen molar-refractivity contribution in [3.8, 4) is 0 Å². The highest BCUT2D eigenvalue weighted by Gasteiger charge is 2.21. The second-order valence-corrected chi connectivity index (χ2v) is 7.41. The van der Waals surface area contributed by atoms with Gasteiger partial charge in [-0.25, -0.2) is 0 Å². The smallest absolute Gasteiger partial charge is 0.0268 e. The van der Waals surface area contributed by atoms with E-state index in [2.05, 4.69) is 45.9 Å². The summed E-state index contributed by atoms with van der Waals surface area (Å²) in [6.45, 7) is 11.2. The summed E-state index contributed by atoms with van der Waals surface area (Å²) in [6, 6.07) is 6.84. The van der Waals surface area contributed by atoms with E-state index in [9.17, 15) is 0 Å². The first kappa shape index (κ1) is 17.6. The highest BCUT2D eigenvalue weighted by Crippen LogP contribution is 2.35. The summed E-state index contributed by atoms with van der Waals surface area (Å²) in [4.78, 5) is 1.38. The number of unbranched alkanes of at least 4 members (excludes halogenated alkanes) is 1. The van der Waals surface area contributed by atoms with E-state index >= 15 is 0 Å². The van der Waals surface area contributed by atoms with E-state index in [4.69, 9.17) is 5.73 Å². The third kappa shape index (κ3) is 5.14. The Labute approximate surface area is 129 Å². The normalized spacial score (nSPS) is 15.9. The highest BCUT2D eigenvalue weighted by molar-refractivity contribution is 7.99. The molecule has 0 heterocycles. The molecule has 1 aromatic rings. The Kier molecular flexibility index (Phi) is 7.11. The lowest BCUT2D eigenvalue weighted by molar-refractivity contribution is 0.320. The molecule has 1 unspecified atom stereocenters.